The van der Waals surface area contributed by atoms with Gasteiger partial charge < -0.3 is 10.1 Å². The summed E-state index contributed by atoms with van der Waals surface area (Å²) in [4.78, 5) is 12.0. The molecule has 3 nitrogen and oxygen atoms in total. The topological polar surface area (TPSA) is 38.3 Å². The van der Waals surface area contributed by atoms with Crippen LogP contribution in [0.2, 0.25) is 0 Å². The molecule has 0 bridgehead atoms. The molecule has 2 aromatic rings. The number of carbonyl (C=O) groups is 1. The summed E-state index contributed by atoms with van der Waals surface area (Å²) in [6.45, 7) is 3.61. The van der Waals surface area contributed by atoms with Gasteiger partial charge in [-0.05, 0) is 30.7 Å². The highest BCUT2D eigenvalue weighted by molar-refractivity contribution is 5.76. The van der Waals surface area contributed by atoms with Gasteiger partial charge in [0.15, 0.2) is 11.6 Å². The Bertz CT molecular complexity index is 825. The second-order valence-corrected chi connectivity index (χ2v) is 7.18. The van der Waals surface area contributed by atoms with Gasteiger partial charge in [0.25, 0.3) is 0 Å². The highest BCUT2D eigenvalue weighted by Crippen LogP contribution is 2.44. The second kappa shape index (κ2) is 7.72. The SMILES string of the molecule is CCC(=O)N[C@]1(C)C[C@@H](c2ccc(F)cc2)O[C@@H](c2cccc(F)c2F)C1. The molecule has 0 saturated carbocycles. The molecule has 2 aromatic carbocycles. The van der Waals surface area contributed by atoms with E-state index in [0.717, 1.165) is 11.6 Å². The first-order chi connectivity index (χ1) is 12.8. The summed E-state index contributed by atoms with van der Waals surface area (Å²) in [5.74, 6) is -2.40. The van der Waals surface area contributed by atoms with Gasteiger partial charge in [0.05, 0.1) is 12.2 Å². The van der Waals surface area contributed by atoms with Crippen molar-refractivity contribution in [3.8, 4) is 0 Å². The summed E-state index contributed by atoms with van der Waals surface area (Å²) in [6.07, 6.45) is -0.175. The van der Waals surface area contributed by atoms with E-state index in [9.17, 15) is 18.0 Å². The number of hydrogen-bond donors (Lipinski definition) is 1. The van der Waals surface area contributed by atoms with Crippen LogP contribution in [0.25, 0.3) is 0 Å². The van der Waals surface area contributed by atoms with Crippen molar-refractivity contribution in [2.45, 2.75) is 50.9 Å². The molecule has 3 rings (SSSR count). The molecule has 1 aliphatic rings. The highest BCUT2D eigenvalue weighted by Gasteiger charge is 2.41. The fraction of sp³-hybridized carbons (Fsp3) is 0.381. The summed E-state index contributed by atoms with van der Waals surface area (Å²) in [5, 5.41) is 2.98. The molecule has 0 spiro atoms. The molecule has 1 saturated heterocycles. The summed E-state index contributed by atoms with van der Waals surface area (Å²) in [5.41, 5.74) is 0.155. The molecular formula is C21H22F3NO2. The smallest absolute Gasteiger partial charge is 0.220 e. The zero-order valence-electron chi connectivity index (χ0n) is 15.3. The van der Waals surface area contributed by atoms with Crippen molar-refractivity contribution in [3.63, 3.8) is 0 Å². The second-order valence-electron chi connectivity index (χ2n) is 7.18. The van der Waals surface area contributed by atoms with E-state index < -0.39 is 29.4 Å². The molecule has 6 heteroatoms. The molecule has 1 aliphatic heterocycles. The molecule has 144 valence electrons. The van der Waals surface area contributed by atoms with E-state index in [1.807, 2.05) is 6.92 Å². The largest absolute Gasteiger partial charge is 0.365 e. The van der Waals surface area contributed by atoms with Crippen molar-refractivity contribution in [2.24, 2.45) is 0 Å². The number of halogens is 3. The molecule has 1 amide bonds. The zero-order chi connectivity index (χ0) is 19.6. The van der Waals surface area contributed by atoms with Crippen molar-refractivity contribution in [1.82, 2.24) is 5.32 Å². The Labute approximate surface area is 156 Å². The van der Waals surface area contributed by atoms with Crippen LogP contribution in [-0.2, 0) is 9.53 Å². The summed E-state index contributed by atoms with van der Waals surface area (Å²) < 4.78 is 47.4. The molecule has 0 radical (unpaired) electrons. The monoisotopic (exact) mass is 377 g/mol. The predicted octanol–water partition coefficient (Wildman–Crippen LogP) is 4.98. The Kier molecular flexibility index (Phi) is 5.56. The molecule has 0 aromatic heterocycles. The van der Waals surface area contributed by atoms with Crippen LogP contribution < -0.4 is 5.32 Å². The van der Waals surface area contributed by atoms with E-state index in [0.29, 0.717) is 19.3 Å². The standard InChI is InChI=1S/C21H22F3NO2/c1-3-19(26)25-21(2)11-17(13-7-9-14(22)10-8-13)27-18(12-21)15-5-4-6-16(23)20(15)24/h4-10,17-18H,3,11-12H2,1-2H3,(H,25,26)/t17-,18+,21+/m0/s1. The molecule has 1 N–H and O–H groups in total. The maximum atomic E-state index is 14.4. The molecule has 1 heterocycles. The Hall–Kier alpha value is -2.34. The number of nitrogens with one attached hydrogen (secondary N) is 1. The molecule has 1 fully saturated rings. The van der Waals surface area contributed by atoms with E-state index in [1.54, 1.807) is 19.1 Å². The van der Waals surface area contributed by atoms with E-state index >= 15 is 0 Å². The lowest BCUT2D eigenvalue weighted by atomic mass is 9.81. The van der Waals surface area contributed by atoms with E-state index in [2.05, 4.69) is 5.32 Å². The molecule has 3 atom stereocenters. The first kappa shape index (κ1) is 19.4. The maximum absolute atomic E-state index is 14.4. The lowest BCUT2D eigenvalue weighted by Gasteiger charge is -2.43. The van der Waals surface area contributed by atoms with Crippen molar-refractivity contribution >= 4 is 5.91 Å². The number of hydrogen-bond acceptors (Lipinski definition) is 2. The van der Waals surface area contributed by atoms with Crippen LogP contribution in [-0.4, -0.2) is 11.4 Å². The maximum Gasteiger partial charge on any atom is 0.220 e. The molecule has 27 heavy (non-hydrogen) atoms. The fourth-order valence-corrected chi connectivity index (χ4v) is 3.55. The van der Waals surface area contributed by atoms with Gasteiger partial charge in [0.2, 0.25) is 5.91 Å². The number of rotatable bonds is 4. The molecule has 0 unspecified atom stereocenters. The van der Waals surface area contributed by atoms with Crippen molar-refractivity contribution in [2.75, 3.05) is 0 Å². The number of ether oxygens (including phenoxy) is 1. The quantitative estimate of drug-likeness (QED) is 0.816. The third-order valence-corrected chi connectivity index (χ3v) is 4.93. The number of carbonyl (C=O) groups excluding carboxylic acids is 1. The first-order valence-corrected chi connectivity index (χ1v) is 8.97. The Morgan fingerprint density at radius 3 is 2.44 bits per heavy atom. The van der Waals surface area contributed by atoms with Crippen LogP contribution in [0.1, 0.15) is 56.4 Å². The van der Waals surface area contributed by atoms with Gasteiger partial charge >= 0.3 is 0 Å². The normalized spacial score (nSPS) is 25.2. The first-order valence-electron chi connectivity index (χ1n) is 8.97. The minimum Gasteiger partial charge on any atom is -0.365 e. The Morgan fingerprint density at radius 1 is 1.11 bits per heavy atom. The lowest BCUT2D eigenvalue weighted by molar-refractivity contribution is -0.128. The van der Waals surface area contributed by atoms with Crippen molar-refractivity contribution < 1.29 is 22.7 Å². The highest BCUT2D eigenvalue weighted by atomic mass is 19.2. The molecule has 0 aliphatic carbocycles. The van der Waals surface area contributed by atoms with Gasteiger partial charge in [-0.1, -0.05) is 31.2 Å². The van der Waals surface area contributed by atoms with Gasteiger partial charge in [0.1, 0.15) is 5.82 Å². The Morgan fingerprint density at radius 2 is 1.78 bits per heavy atom. The van der Waals surface area contributed by atoms with Crippen LogP contribution in [0.15, 0.2) is 42.5 Å². The van der Waals surface area contributed by atoms with Gasteiger partial charge in [-0.25, -0.2) is 13.2 Å². The minimum atomic E-state index is -0.952. The van der Waals surface area contributed by atoms with Crippen molar-refractivity contribution in [3.05, 3.63) is 71.0 Å². The third-order valence-electron chi connectivity index (χ3n) is 4.93. The minimum absolute atomic E-state index is 0.110. The van der Waals surface area contributed by atoms with Crippen LogP contribution in [0, 0.1) is 17.5 Å². The zero-order valence-corrected chi connectivity index (χ0v) is 15.3. The average molecular weight is 377 g/mol. The van der Waals surface area contributed by atoms with E-state index in [4.69, 9.17) is 4.74 Å². The summed E-state index contributed by atoms with van der Waals surface area (Å²) in [6, 6.07) is 9.83. The average Bonchev–Trinajstić information content (AvgIpc) is 2.63. The van der Waals surface area contributed by atoms with Crippen LogP contribution in [0.5, 0.6) is 0 Å². The van der Waals surface area contributed by atoms with Crippen molar-refractivity contribution in [1.29, 1.82) is 0 Å². The van der Waals surface area contributed by atoms with Gasteiger partial charge in [-0.2, -0.15) is 0 Å². The lowest BCUT2D eigenvalue weighted by Crippen LogP contribution is -2.50. The third kappa shape index (κ3) is 4.33. The van der Waals surface area contributed by atoms with Crippen LogP contribution in [0.4, 0.5) is 13.2 Å². The molecular weight excluding hydrogens is 355 g/mol. The van der Waals surface area contributed by atoms with E-state index in [1.165, 1.54) is 24.3 Å². The predicted molar refractivity (Wildman–Crippen MR) is 95.4 cm³/mol. The van der Waals surface area contributed by atoms with Gasteiger partial charge in [0, 0.05) is 30.4 Å². The summed E-state index contributed by atoms with van der Waals surface area (Å²) >= 11 is 0. The summed E-state index contributed by atoms with van der Waals surface area (Å²) in [7, 11) is 0. The van der Waals surface area contributed by atoms with Crippen LogP contribution >= 0.6 is 0 Å². The number of benzene rings is 2. The van der Waals surface area contributed by atoms with Gasteiger partial charge in [-0.15, -0.1) is 0 Å². The van der Waals surface area contributed by atoms with Gasteiger partial charge in [-0.3, -0.25) is 4.79 Å². The van der Waals surface area contributed by atoms with Crippen LogP contribution in [0.3, 0.4) is 0 Å². The van der Waals surface area contributed by atoms with E-state index in [-0.39, 0.29) is 17.3 Å². The fourth-order valence-electron chi connectivity index (χ4n) is 3.55. The Balaban J connectivity index is 1.96. The number of amides is 1.